The van der Waals surface area contributed by atoms with E-state index in [0.717, 1.165) is 58.4 Å². The first-order chi connectivity index (χ1) is 18.9. The number of carbonyl (C=O) groups excluding carboxylic acids is 1. The maximum atomic E-state index is 13.1. The van der Waals surface area contributed by atoms with Gasteiger partial charge in [-0.3, -0.25) is 9.69 Å². The minimum atomic E-state index is -0.157. The summed E-state index contributed by atoms with van der Waals surface area (Å²) in [6, 6.07) is 29.6. The molecular weight excluding hydrogens is 488 g/mol. The lowest BCUT2D eigenvalue weighted by Crippen LogP contribution is -2.17. The van der Waals surface area contributed by atoms with Crippen molar-refractivity contribution in [3.63, 3.8) is 0 Å². The highest BCUT2D eigenvalue weighted by Crippen LogP contribution is 2.38. The second kappa shape index (κ2) is 11.3. The molecule has 1 heterocycles. The smallest absolute Gasteiger partial charge is 0.258 e. The highest BCUT2D eigenvalue weighted by atomic mass is 16.5. The van der Waals surface area contributed by atoms with E-state index >= 15 is 0 Å². The molecule has 4 aromatic carbocycles. The van der Waals surface area contributed by atoms with Crippen molar-refractivity contribution in [1.82, 2.24) is 4.90 Å². The number of nitrogens with two attached hydrogens (primary N) is 1. The third-order valence-electron chi connectivity index (χ3n) is 6.68. The molecular formula is C32H32N4O3. The molecule has 7 nitrogen and oxygen atoms in total. The number of rotatable bonds is 9. The fourth-order valence-electron chi connectivity index (χ4n) is 4.81. The summed E-state index contributed by atoms with van der Waals surface area (Å²) in [5.74, 6) is 1.29. The van der Waals surface area contributed by atoms with Gasteiger partial charge in [0.25, 0.3) is 5.91 Å². The van der Waals surface area contributed by atoms with Crippen LogP contribution in [0.25, 0.3) is 11.3 Å². The summed E-state index contributed by atoms with van der Waals surface area (Å²) in [5.41, 5.74) is 13.6. The minimum Gasteiger partial charge on any atom is -0.493 e. The first-order valence-electron chi connectivity index (χ1n) is 12.7. The van der Waals surface area contributed by atoms with Gasteiger partial charge in [0.05, 0.1) is 25.5 Å². The Kier molecular flexibility index (Phi) is 7.52. The van der Waals surface area contributed by atoms with E-state index in [2.05, 4.69) is 40.8 Å². The number of nitrogens with one attached hydrogen (secondary N) is 2. The molecule has 0 atom stereocenters. The van der Waals surface area contributed by atoms with Crippen molar-refractivity contribution in [3.8, 4) is 11.5 Å². The largest absolute Gasteiger partial charge is 0.493 e. The molecule has 5 rings (SSSR count). The van der Waals surface area contributed by atoms with Gasteiger partial charge in [0.2, 0.25) is 0 Å². The zero-order chi connectivity index (χ0) is 27.4. The number of hydrogen-bond donors (Lipinski definition) is 3. The molecule has 4 N–H and O–H groups in total. The van der Waals surface area contributed by atoms with Crippen LogP contribution < -0.4 is 25.8 Å². The van der Waals surface area contributed by atoms with E-state index in [0.29, 0.717) is 11.3 Å². The number of ether oxygens (including phenoxy) is 2. The zero-order valence-electron chi connectivity index (χ0n) is 22.3. The second-order valence-electron chi connectivity index (χ2n) is 9.56. The highest BCUT2D eigenvalue weighted by Gasteiger charge is 2.28. The molecule has 0 radical (unpaired) electrons. The molecule has 4 aromatic rings. The van der Waals surface area contributed by atoms with Gasteiger partial charge in [-0.25, -0.2) is 0 Å². The number of methoxy groups -OCH3 is 2. The van der Waals surface area contributed by atoms with Crippen LogP contribution in [-0.4, -0.2) is 32.1 Å². The molecule has 0 saturated heterocycles. The molecule has 1 aliphatic rings. The second-order valence-corrected chi connectivity index (χ2v) is 9.56. The molecule has 0 saturated carbocycles. The van der Waals surface area contributed by atoms with Gasteiger partial charge in [-0.2, -0.15) is 0 Å². The van der Waals surface area contributed by atoms with Crippen LogP contribution in [0.4, 0.5) is 17.1 Å². The van der Waals surface area contributed by atoms with E-state index in [-0.39, 0.29) is 5.91 Å². The molecule has 39 heavy (non-hydrogen) atoms. The Morgan fingerprint density at radius 3 is 2.26 bits per heavy atom. The van der Waals surface area contributed by atoms with E-state index < -0.39 is 0 Å². The molecule has 0 fully saturated rings. The topological polar surface area (TPSA) is 88.9 Å². The van der Waals surface area contributed by atoms with Crippen molar-refractivity contribution in [2.75, 3.05) is 37.6 Å². The Bertz CT molecular complexity index is 1510. The van der Waals surface area contributed by atoms with Crippen LogP contribution in [0.15, 0.2) is 91.0 Å². The van der Waals surface area contributed by atoms with Gasteiger partial charge in [0, 0.05) is 35.7 Å². The lowest BCUT2D eigenvalue weighted by molar-refractivity contribution is -0.110. The molecule has 0 spiro atoms. The van der Waals surface area contributed by atoms with Gasteiger partial charge in [0.1, 0.15) is 0 Å². The Morgan fingerprint density at radius 2 is 1.54 bits per heavy atom. The van der Waals surface area contributed by atoms with Crippen LogP contribution >= 0.6 is 0 Å². The Hall–Kier alpha value is -4.75. The maximum absolute atomic E-state index is 13.1. The van der Waals surface area contributed by atoms with Crippen LogP contribution in [0.3, 0.4) is 0 Å². The molecule has 0 bridgehead atoms. The Balaban J connectivity index is 1.36. The molecule has 7 heteroatoms. The molecule has 0 aromatic heterocycles. The van der Waals surface area contributed by atoms with Crippen molar-refractivity contribution in [2.45, 2.75) is 13.1 Å². The van der Waals surface area contributed by atoms with Crippen molar-refractivity contribution >= 4 is 34.2 Å². The lowest BCUT2D eigenvalue weighted by Gasteiger charge is -2.19. The van der Waals surface area contributed by atoms with Crippen LogP contribution in [0.5, 0.6) is 11.5 Å². The Labute approximate surface area is 228 Å². The highest BCUT2D eigenvalue weighted by molar-refractivity contribution is 6.37. The summed E-state index contributed by atoms with van der Waals surface area (Å²) >= 11 is 0. The van der Waals surface area contributed by atoms with Crippen LogP contribution in [0, 0.1) is 0 Å². The molecule has 0 unspecified atom stereocenters. The maximum Gasteiger partial charge on any atom is 0.258 e. The summed E-state index contributed by atoms with van der Waals surface area (Å²) in [4.78, 5) is 15.3. The predicted molar refractivity (Wildman–Crippen MR) is 158 cm³/mol. The van der Waals surface area contributed by atoms with Crippen molar-refractivity contribution in [3.05, 3.63) is 113 Å². The van der Waals surface area contributed by atoms with E-state index in [1.807, 2.05) is 66.7 Å². The third-order valence-corrected chi connectivity index (χ3v) is 6.68. The quantitative estimate of drug-likeness (QED) is 0.190. The number of nitrogen functional groups attached to an aromatic ring is 1. The minimum absolute atomic E-state index is 0.157. The lowest BCUT2D eigenvalue weighted by atomic mass is 9.99. The molecule has 1 aliphatic heterocycles. The normalized spacial score (nSPS) is 13.6. The summed E-state index contributed by atoms with van der Waals surface area (Å²) in [7, 11) is 5.37. The van der Waals surface area contributed by atoms with Crippen molar-refractivity contribution in [1.29, 1.82) is 0 Å². The molecule has 0 aliphatic carbocycles. The van der Waals surface area contributed by atoms with Crippen molar-refractivity contribution in [2.24, 2.45) is 0 Å². The summed E-state index contributed by atoms with van der Waals surface area (Å²) in [6.45, 7) is 1.54. The van der Waals surface area contributed by atoms with Crippen LogP contribution in [0.2, 0.25) is 0 Å². The monoisotopic (exact) mass is 520 g/mol. The summed E-state index contributed by atoms with van der Waals surface area (Å²) in [6.07, 6.45) is 0. The van der Waals surface area contributed by atoms with E-state index in [1.54, 1.807) is 20.3 Å². The van der Waals surface area contributed by atoms with Crippen LogP contribution in [0.1, 0.15) is 22.3 Å². The number of nitrogens with zero attached hydrogens (tertiary/aromatic N) is 1. The number of benzene rings is 4. The van der Waals surface area contributed by atoms with Crippen LogP contribution in [-0.2, 0) is 17.9 Å². The van der Waals surface area contributed by atoms with E-state index in [9.17, 15) is 4.79 Å². The number of hydrogen-bond acceptors (Lipinski definition) is 6. The van der Waals surface area contributed by atoms with Gasteiger partial charge < -0.3 is 25.8 Å². The van der Waals surface area contributed by atoms with Gasteiger partial charge in [-0.15, -0.1) is 0 Å². The third kappa shape index (κ3) is 5.73. The number of anilines is 3. The fourth-order valence-corrected chi connectivity index (χ4v) is 4.81. The van der Waals surface area contributed by atoms with Gasteiger partial charge in [0.15, 0.2) is 11.5 Å². The first kappa shape index (κ1) is 25.9. The van der Waals surface area contributed by atoms with E-state index in [4.69, 9.17) is 15.2 Å². The molecule has 1 amide bonds. The average molecular weight is 521 g/mol. The number of amides is 1. The average Bonchev–Trinajstić information content (AvgIpc) is 3.27. The van der Waals surface area contributed by atoms with E-state index in [1.165, 1.54) is 5.56 Å². The van der Waals surface area contributed by atoms with Gasteiger partial charge in [-0.05, 0) is 66.2 Å². The summed E-state index contributed by atoms with van der Waals surface area (Å²) in [5, 5.41) is 6.47. The Morgan fingerprint density at radius 1 is 0.846 bits per heavy atom. The van der Waals surface area contributed by atoms with Crippen molar-refractivity contribution < 1.29 is 14.3 Å². The number of fused-ring (bicyclic) bond motifs is 1. The SMILES string of the molecule is COc1ccc(CN(C)Cc2ccc(N/C(=C3\C(=O)Nc4ccc(N)cc43)c3ccccc3)cc2)cc1OC. The number of carbonyl (C=O) groups is 1. The van der Waals surface area contributed by atoms with Gasteiger partial charge >= 0.3 is 0 Å². The predicted octanol–water partition coefficient (Wildman–Crippen LogP) is 5.85. The first-order valence-corrected chi connectivity index (χ1v) is 12.7. The zero-order valence-corrected chi connectivity index (χ0v) is 22.3. The summed E-state index contributed by atoms with van der Waals surface area (Å²) < 4.78 is 10.8. The van der Waals surface area contributed by atoms with Gasteiger partial charge in [-0.1, -0.05) is 48.5 Å². The molecule has 198 valence electrons. The fraction of sp³-hybridized carbons (Fsp3) is 0.156. The standard InChI is InChI=1S/C32H32N4O3/c1-36(20-22-11-16-28(38-2)29(17-22)39-3)19-21-9-13-25(14-10-21)34-31(23-7-5-4-6-8-23)30-26-18-24(33)12-15-27(26)35-32(30)37/h4-18,34H,19-20,33H2,1-3H3,(H,35,37)/b31-30-.